The minimum Gasteiger partial charge on any atom is -0.398 e. The van der Waals surface area contributed by atoms with Crippen molar-refractivity contribution in [3.05, 3.63) is 52.4 Å². The first-order chi connectivity index (χ1) is 7.18. The van der Waals surface area contributed by atoms with E-state index in [1.807, 2.05) is 25.1 Å². The van der Waals surface area contributed by atoms with Gasteiger partial charge >= 0.3 is 0 Å². The Balaban J connectivity index is 2.60. The average Bonchev–Trinajstić information content (AvgIpc) is 2.23. The third-order valence-electron chi connectivity index (χ3n) is 2.41. The number of rotatable bonds is 1. The second-order valence-electron chi connectivity index (χ2n) is 3.48. The number of nitrogens with two attached hydrogens (primary N) is 1. The molecule has 2 aromatic rings. The molecule has 0 atom stereocenters. The molecule has 1 aromatic heterocycles. The summed E-state index contributed by atoms with van der Waals surface area (Å²) in [6, 6.07) is 9.21. The van der Waals surface area contributed by atoms with Gasteiger partial charge in [0.15, 0.2) is 0 Å². The van der Waals surface area contributed by atoms with Gasteiger partial charge in [0.05, 0.1) is 0 Å². The quantitative estimate of drug-likeness (QED) is 0.691. The molecule has 0 saturated heterocycles. The molecule has 1 aromatic carbocycles. The van der Waals surface area contributed by atoms with Gasteiger partial charge in [-0.3, -0.25) is 4.79 Å². The van der Waals surface area contributed by atoms with Gasteiger partial charge in [0.25, 0.3) is 5.56 Å². The van der Waals surface area contributed by atoms with E-state index in [-0.39, 0.29) is 5.56 Å². The number of pyridine rings is 1. The zero-order valence-corrected chi connectivity index (χ0v) is 8.45. The number of aromatic amines is 1. The average molecular weight is 200 g/mol. The summed E-state index contributed by atoms with van der Waals surface area (Å²) in [5.74, 6) is 0. The van der Waals surface area contributed by atoms with E-state index in [0.29, 0.717) is 11.3 Å². The van der Waals surface area contributed by atoms with Crippen molar-refractivity contribution >= 4 is 5.69 Å². The fourth-order valence-electron chi connectivity index (χ4n) is 1.46. The summed E-state index contributed by atoms with van der Waals surface area (Å²) in [6.07, 6.45) is 1.61. The van der Waals surface area contributed by atoms with E-state index in [2.05, 4.69) is 4.98 Å². The predicted octanol–water partition coefficient (Wildman–Crippen LogP) is 1.93. The fraction of sp³-hybridized carbons (Fsp3) is 0.0833. The third kappa shape index (κ3) is 1.76. The van der Waals surface area contributed by atoms with Crippen LogP contribution >= 0.6 is 0 Å². The van der Waals surface area contributed by atoms with Crippen LogP contribution in [0.25, 0.3) is 11.1 Å². The summed E-state index contributed by atoms with van der Waals surface area (Å²) in [6.45, 7) is 1.94. The summed E-state index contributed by atoms with van der Waals surface area (Å²) >= 11 is 0. The first-order valence-electron chi connectivity index (χ1n) is 4.72. The minimum atomic E-state index is -0.0965. The van der Waals surface area contributed by atoms with Gasteiger partial charge in [-0.05, 0) is 36.2 Å². The largest absolute Gasteiger partial charge is 0.398 e. The van der Waals surface area contributed by atoms with Gasteiger partial charge in [0, 0.05) is 17.4 Å². The van der Waals surface area contributed by atoms with Crippen molar-refractivity contribution in [2.75, 3.05) is 5.73 Å². The highest BCUT2D eigenvalue weighted by molar-refractivity contribution is 5.67. The van der Waals surface area contributed by atoms with Crippen LogP contribution in [0.2, 0.25) is 0 Å². The van der Waals surface area contributed by atoms with E-state index in [1.54, 1.807) is 18.3 Å². The molecule has 0 spiro atoms. The lowest BCUT2D eigenvalue weighted by molar-refractivity contribution is 1.24. The number of hydrogen-bond acceptors (Lipinski definition) is 2. The summed E-state index contributed by atoms with van der Waals surface area (Å²) < 4.78 is 0. The Kier molecular flexibility index (Phi) is 2.29. The minimum absolute atomic E-state index is 0.0965. The molecule has 3 N–H and O–H groups in total. The number of aromatic nitrogens is 1. The smallest absolute Gasteiger partial charge is 0.255 e. The van der Waals surface area contributed by atoms with Crippen molar-refractivity contribution in [3.8, 4) is 11.1 Å². The number of H-pyrrole nitrogens is 1. The van der Waals surface area contributed by atoms with Gasteiger partial charge in [0.2, 0.25) is 0 Å². The summed E-state index contributed by atoms with van der Waals surface area (Å²) in [5.41, 5.74) is 8.91. The molecule has 0 aliphatic heterocycles. The van der Waals surface area contributed by atoms with Gasteiger partial charge in [-0.15, -0.1) is 0 Å². The number of anilines is 1. The van der Waals surface area contributed by atoms with E-state index in [0.717, 1.165) is 11.1 Å². The topological polar surface area (TPSA) is 58.9 Å². The van der Waals surface area contributed by atoms with Crippen LogP contribution in [0.3, 0.4) is 0 Å². The molecule has 0 radical (unpaired) electrons. The first-order valence-corrected chi connectivity index (χ1v) is 4.72. The number of aryl methyl sites for hydroxylation is 1. The predicted molar refractivity (Wildman–Crippen MR) is 61.6 cm³/mol. The fourth-order valence-corrected chi connectivity index (χ4v) is 1.46. The third-order valence-corrected chi connectivity index (χ3v) is 2.41. The van der Waals surface area contributed by atoms with E-state index in [9.17, 15) is 4.79 Å². The lowest BCUT2D eigenvalue weighted by Crippen LogP contribution is -2.07. The highest BCUT2D eigenvalue weighted by Gasteiger charge is 2.03. The Morgan fingerprint density at radius 2 is 2.07 bits per heavy atom. The summed E-state index contributed by atoms with van der Waals surface area (Å²) in [5, 5.41) is 0. The molecular weight excluding hydrogens is 188 g/mol. The highest BCUT2D eigenvalue weighted by Crippen LogP contribution is 2.20. The van der Waals surface area contributed by atoms with Gasteiger partial charge in [-0.1, -0.05) is 12.1 Å². The van der Waals surface area contributed by atoms with Crippen molar-refractivity contribution in [1.29, 1.82) is 0 Å². The van der Waals surface area contributed by atoms with E-state index >= 15 is 0 Å². The number of nitrogens with one attached hydrogen (secondary N) is 1. The van der Waals surface area contributed by atoms with Crippen molar-refractivity contribution in [1.82, 2.24) is 4.98 Å². The monoisotopic (exact) mass is 200 g/mol. The van der Waals surface area contributed by atoms with Crippen LogP contribution in [-0.2, 0) is 0 Å². The van der Waals surface area contributed by atoms with E-state index in [1.165, 1.54) is 0 Å². The maximum absolute atomic E-state index is 11.5. The SMILES string of the molecule is Cc1ccc(-c2ccc[nH]c2=O)cc1N. The van der Waals surface area contributed by atoms with Gasteiger partial charge < -0.3 is 10.7 Å². The molecule has 15 heavy (non-hydrogen) atoms. The normalized spacial score (nSPS) is 10.2. The maximum atomic E-state index is 11.5. The molecule has 0 fully saturated rings. The molecule has 2 rings (SSSR count). The van der Waals surface area contributed by atoms with E-state index in [4.69, 9.17) is 5.73 Å². The Morgan fingerprint density at radius 3 is 2.73 bits per heavy atom. The van der Waals surface area contributed by atoms with Crippen molar-refractivity contribution in [3.63, 3.8) is 0 Å². The van der Waals surface area contributed by atoms with Gasteiger partial charge in [-0.25, -0.2) is 0 Å². The van der Waals surface area contributed by atoms with E-state index < -0.39 is 0 Å². The zero-order valence-electron chi connectivity index (χ0n) is 8.45. The van der Waals surface area contributed by atoms with Gasteiger partial charge in [0.1, 0.15) is 0 Å². The molecule has 0 amide bonds. The number of hydrogen-bond donors (Lipinski definition) is 2. The van der Waals surface area contributed by atoms with Crippen LogP contribution in [0.15, 0.2) is 41.3 Å². The Labute approximate surface area is 87.6 Å². The van der Waals surface area contributed by atoms with Crippen molar-refractivity contribution < 1.29 is 0 Å². The van der Waals surface area contributed by atoms with Crippen LogP contribution in [0.4, 0.5) is 5.69 Å². The lowest BCUT2D eigenvalue weighted by Gasteiger charge is -2.04. The van der Waals surface area contributed by atoms with Gasteiger partial charge in [-0.2, -0.15) is 0 Å². The summed E-state index contributed by atoms with van der Waals surface area (Å²) in [7, 11) is 0. The molecule has 0 saturated carbocycles. The molecule has 0 bridgehead atoms. The number of benzene rings is 1. The summed E-state index contributed by atoms with van der Waals surface area (Å²) in [4.78, 5) is 14.2. The zero-order chi connectivity index (χ0) is 10.8. The highest BCUT2D eigenvalue weighted by atomic mass is 16.1. The Morgan fingerprint density at radius 1 is 1.27 bits per heavy atom. The lowest BCUT2D eigenvalue weighted by atomic mass is 10.0. The first kappa shape index (κ1) is 9.52. The Hall–Kier alpha value is -2.03. The molecule has 1 heterocycles. The van der Waals surface area contributed by atoms with Crippen LogP contribution in [-0.4, -0.2) is 4.98 Å². The Bertz CT molecular complexity index is 543. The number of nitrogen functional groups attached to an aromatic ring is 1. The second kappa shape index (κ2) is 3.61. The molecule has 3 heteroatoms. The molecule has 0 aliphatic rings. The molecular formula is C12H12N2O. The molecule has 0 aliphatic carbocycles. The standard InChI is InChI=1S/C12H12N2O/c1-8-4-5-9(7-11(8)13)10-3-2-6-14-12(10)15/h2-7H,13H2,1H3,(H,14,15). The maximum Gasteiger partial charge on any atom is 0.255 e. The molecule has 0 unspecified atom stereocenters. The van der Waals surface area contributed by atoms with Crippen molar-refractivity contribution in [2.45, 2.75) is 6.92 Å². The van der Waals surface area contributed by atoms with Crippen molar-refractivity contribution in [2.24, 2.45) is 0 Å². The van der Waals surface area contributed by atoms with Crippen LogP contribution in [0, 0.1) is 6.92 Å². The molecule has 3 nitrogen and oxygen atoms in total. The molecule has 76 valence electrons. The van der Waals surface area contributed by atoms with Crippen LogP contribution in [0.1, 0.15) is 5.56 Å². The second-order valence-corrected chi connectivity index (χ2v) is 3.48. The van der Waals surface area contributed by atoms with Crippen LogP contribution < -0.4 is 11.3 Å². The van der Waals surface area contributed by atoms with Crippen LogP contribution in [0.5, 0.6) is 0 Å².